The van der Waals surface area contributed by atoms with Gasteiger partial charge in [0.2, 0.25) is 0 Å². The average molecular weight is 182 g/mol. The number of esters is 1. The molecule has 1 aromatic heterocycles. The SMILES string of the molecule is CCC(=O)Oc1cnc(OC)nc1. The molecule has 0 radical (unpaired) electrons. The molecule has 0 saturated carbocycles. The third-order valence-corrected chi connectivity index (χ3v) is 1.31. The van der Waals surface area contributed by atoms with E-state index in [1.807, 2.05) is 0 Å². The highest BCUT2D eigenvalue weighted by atomic mass is 16.5. The molecule has 0 fully saturated rings. The zero-order valence-electron chi connectivity index (χ0n) is 7.48. The van der Waals surface area contributed by atoms with Crippen LogP contribution in [-0.4, -0.2) is 23.0 Å². The molecule has 0 aliphatic carbocycles. The Morgan fingerprint density at radius 3 is 2.54 bits per heavy atom. The first-order chi connectivity index (χ1) is 6.26. The number of carbonyl (C=O) groups excluding carboxylic acids is 1. The summed E-state index contributed by atoms with van der Waals surface area (Å²) in [7, 11) is 1.47. The molecule has 0 spiro atoms. The van der Waals surface area contributed by atoms with Gasteiger partial charge in [-0.25, -0.2) is 0 Å². The summed E-state index contributed by atoms with van der Waals surface area (Å²) in [5.41, 5.74) is 0. The second kappa shape index (κ2) is 4.39. The Kier molecular flexibility index (Phi) is 3.19. The highest BCUT2D eigenvalue weighted by molar-refractivity contribution is 5.71. The minimum Gasteiger partial charge on any atom is -0.467 e. The van der Waals surface area contributed by atoms with Crippen LogP contribution < -0.4 is 9.47 Å². The molecule has 5 nitrogen and oxygen atoms in total. The van der Waals surface area contributed by atoms with Crippen molar-refractivity contribution in [3.8, 4) is 11.8 Å². The molecule has 1 rings (SSSR count). The van der Waals surface area contributed by atoms with Crippen molar-refractivity contribution in [3.63, 3.8) is 0 Å². The van der Waals surface area contributed by atoms with Crippen LogP contribution >= 0.6 is 0 Å². The van der Waals surface area contributed by atoms with Crippen LogP contribution in [0, 0.1) is 0 Å². The van der Waals surface area contributed by atoms with Gasteiger partial charge in [-0.15, -0.1) is 0 Å². The summed E-state index contributed by atoms with van der Waals surface area (Å²) in [4.78, 5) is 18.4. The Hall–Kier alpha value is -1.65. The topological polar surface area (TPSA) is 61.3 Å². The molecule has 0 aliphatic heterocycles. The van der Waals surface area contributed by atoms with Crippen LogP contribution in [0.1, 0.15) is 13.3 Å². The highest BCUT2D eigenvalue weighted by Gasteiger charge is 2.02. The summed E-state index contributed by atoms with van der Waals surface area (Å²) < 4.78 is 9.58. The van der Waals surface area contributed by atoms with Crippen LogP contribution in [0.3, 0.4) is 0 Å². The fraction of sp³-hybridized carbons (Fsp3) is 0.375. The second-order valence-electron chi connectivity index (χ2n) is 2.23. The van der Waals surface area contributed by atoms with Crippen LogP contribution in [0.5, 0.6) is 11.8 Å². The van der Waals surface area contributed by atoms with Gasteiger partial charge in [0.15, 0.2) is 5.75 Å². The van der Waals surface area contributed by atoms with Crippen LogP contribution in [-0.2, 0) is 4.79 Å². The van der Waals surface area contributed by atoms with E-state index in [9.17, 15) is 4.79 Å². The maximum atomic E-state index is 10.8. The molecular weight excluding hydrogens is 172 g/mol. The number of rotatable bonds is 3. The van der Waals surface area contributed by atoms with E-state index in [2.05, 4.69) is 9.97 Å². The number of hydrogen-bond donors (Lipinski definition) is 0. The summed E-state index contributed by atoms with van der Waals surface area (Å²) in [6, 6.07) is 0.247. The Morgan fingerprint density at radius 2 is 2.08 bits per heavy atom. The Bertz CT molecular complexity index is 284. The minimum atomic E-state index is -0.311. The van der Waals surface area contributed by atoms with Crippen molar-refractivity contribution in [1.29, 1.82) is 0 Å². The van der Waals surface area contributed by atoms with Gasteiger partial charge in [0.1, 0.15) is 0 Å². The van der Waals surface area contributed by atoms with E-state index < -0.39 is 0 Å². The highest BCUT2D eigenvalue weighted by Crippen LogP contribution is 2.09. The molecule has 0 amide bonds. The first-order valence-electron chi connectivity index (χ1n) is 3.83. The normalized spacial score (nSPS) is 9.38. The molecule has 1 heterocycles. The lowest BCUT2D eigenvalue weighted by molar-refractivity contribution is -0.134. The summed E-state index contributed by atoms with van der Waals surface area (Å²) in [5, 5.41) is 0. The number of methoxy groups -OCH3 is 1. The van der Waals surface area contributed by atoms with E-state index in [4.69, 9.17) is 9.47 Å². The number of hydrogen-bond acceptors (Lipinski definition) is 5. The molecular formula is C8H10N2O3. The summed E-state index contributed by atoms with van der Waals surface area (Å²) in [5.74, 6) is 0.0152. The molecule has 0 saturated heterocycles. The second-order valence-corrected chi connectivity index (χ2v) is 2.23. The third kappa shape index (κ3) is 2.70. The van der Waals surface area contributed by atoms with E-state index in [1.165, 1.54) is 19.5 Å². The predicted molar refractivity (Wildman–Crippen MR) is 44.5 cm³/mol. The smallest absolute Gasteiger partial charge is 0.316 e. The lowest BCUT2D eigenvalue weighted by atomic mass is 10.5. The molecule has 13 heavy (non-hydrogen) atoms. The van der Waals surface area contributed by atoms with Gasteiger partial charge in [-0.1, -0.05) is 6.92 Å². The molecule has 0 unspecified atom stereocenters. The Labute approximate surface area is 75.7 Å². The van der Waals surface area contributed by atoms with Crippen molar-refractivity contribution in [2.75, 3.05) is 7.11 Å². The summed E-state index contributed by atoms with van der Waals surface area (Å²) >= 11 is 0. The maximum Gasteiger partial charge on any atom is 0.316 e. The van der Waals surface area contributed by atoms with Gasteiger partial charge < -0.3 is 9.47 Å². The molecule has 0 aliphatic rings. The first-order valence-corrected chi connectivity index (χ1v) is 3.83. The average Bonchev–Trinajstić information content (AvgIpc) is 2.19. The monoisotopic (exact) mass is 182 g/mol. The number of ether oxygens (including phenoxy) is 2. The van der Waals surface area contributed by atoms with Crippen molar-refractivity contribution in [3.05, 3.63) is 12.4 Å². The van der Waals surface area contributed by atoms with Crippen LogP contribution in [0.2, 0.25) is 0 Å². The summed E-state index contributed by atoms with van der Waals surface area (Å²) in [6.07, 6.45) is 3.10. The molecule has 1 aromatic rings. The van der Waals surface area contributed by atoms with E-state index in [0.717, 1.165) is 0 Å². The van der Waals surface area contributed by atoms with E-state index >= 15 is 0 Å². The van der Waals surface area contributed by atoms with Gasteiger partial charge in [-0.3, -0.25) is 4.79 Å². The van der Waals surface area contributed by atoms with Crippen LogP contribution in [0.25, 0.3) is 0 Å². The van der Waals surface area contributed by atoms with Gasteiger partial charge in [0.05, 0.1) is 19.5 Å². The van der Waals surface area contributed by atoms with Crippen molar-refractivity contribution < 1.29 is 14.3 Å². The molecule has 0 N–H and O–H groups in total. The van der Waals surface area contributed by atoms with Gasteiger partial charge in [-0.2, -0.15) is 9.97 Å². The molecule has 70 valence electrons. The van der Waals surface area contributed by atoms with Crippen molar-refractivity contribution in [2.45, 2.75) is 13.3 Å². The van der Waals surface area contributed by atoms with Gasteiger partial charge >= 0.3 is 12.0 Å². The van der Waals surface area contributed by atoms with Gasteiger partial charge in [-0.05, 0) is 0 Å². The largest absolute Gasteiger partial charge is 0.467 e. The van der Waals surface area contributed by atoms with Crippen molar-refractivity contribution in [2.24, 2.45) is 0 Å². The summed E-state index contributed by atoms with van der Waals surface area (Å²) in [6.45, 7) is 1.71. The maximum absolute atomic E-state index is 10.8. The quantitative estimate of drug-likeness (QED) is 0.647. The zero-order valence-corrected chi connectivity index (χ0v) is 7.48. The van der Waals surface area contributed by atoms with E-state index in [0.29, 0.717) is 12.2 Å². The fourth-order valence-corrected chi connectivity index (χ4v) is 0.666. The lowest BCUT2D eigenvalue weighted by Crippen LogP contribution is -2.06. The third-order valence-electron chi connectivity index (χ3n) is 1.31. The van der Waals surface area contributed by atoms with Crippen molar-refractivity contribution >= 4 is 5.97 Å². The van der Waals surface area contributed by atoms with E-state index in [-0.39, 0.29) is 12.0 Å². The Balaban J connectivity index is 2.64. The first kappa shape index (κ1) is 9.44. The minimum absolute atomic E-state index is 0.247. The molecule has 0 aromatic carbocycles. The van der Waals surface area contributed by atoms with Gasteiger partial charge in [0.25, 0.3) is 0 Å². The Morgan fingerprint density at radius 1 is 1.46 bits per heavy atom. The molecule has 0 bridgehead atoms. The molecule has 5 heteroatoms. The van der Waals surface area contributed by atoms with Crippen LogP contribution in [0.4, 0.5) is 0 Å². The zero-order chi connectivity index (χ0) is 9.68. The standard InChI is InChI=1S/C8H10N2O3/c1-3-7(11)13-6-4-9-8(12-2)10-5-6/h4-5H,3H2,1-2H3. The molecule has 0 atom stereocenters. The lowest BCUT2D eigenvalue weighted by Gasteiger charge is -2.01. The van der Waals surface area contributed by atoms with Crippen molar-refractivity contribution in [1.82, 2.24) is 9.97 Å². The van der Waals surface area contributed by atoms with E-state index in [1.54, 1.807) is 6.92 Å². The van der Waals surface area contributed by atoms with Gasteiger partial charge in [0, 0.05) is 6.42 Å². The number of aromatic nitrogens is 2. The number of carbonyl (C=O) groups is 1. The number of nitrogens with zero attached hydrogens (tertiary/aromatic N) is 2. The predicted octanol–water partition coefficient (Wildman–Crippen LogP) is 0.801. The van der Waals surface area contributed by atoms with Crippen LogP contribution in [0.15, 0.2) is 12.4 Å². The fourth-order valence-electron chi connectivity index (χ4n) is 0.666.